The molecular weight excluding hydrogens is 414 g/mol. The van der Waals surface area contributed by atoms with Gasteiger partial charge in [-0.25, -0.2) is 9.97 Å². The molecule has 1 aliphatic heterocycles. The number of carboxylic acid groups (broad SMARTS) is 2. The zero-order valence-corrected chi connectivity index (χ0v) is 16.0. The highest BCUT2D eigenvalue weighted by atomic mass is 79.9. The quantitative estimate of drug-likeness (QED) is 0.512. The summed E-state index contributed by atoms with van der Waals surface area (Å²) in [7, 11) is 0. The van der Waals surface area contributed by atoms with Crippen molar-refractivity contribution < 1.29 is 19.8 Å². The highest BCUT2D eigenvalue weighted by Crippen LogP contribution is 2.40. The molecule has 27 heavy (non-hydrogen) atoms. The second-order valence-electron chi connectivity index (χ2n) is 6.12. The summed E-state index contributed by atoms with van der Waals surface area (Å²) in [4.78, 5) is 32.7. The standard InChI is InChI=1S/C19H18BrN3O4/c20-15-7-6-12(4-1-2-5-14(17(24)25)18(26)27)16-13(15)8-11-23(16)19-21-9-3-10-22-19/h1-3,6-7,9-10,14H,4-5,8,11H2,(H,24,25)(H,26,27). The normalized spacial score (nSPS) is 13.3. The van der Waals surface area contributed by atoms with E-state index in [2.05, 4.69) is 30.8 Å². The van der Waals surface area contributed by atoms with Crippen LogP contribution in [0.25, 0.3) is 0 Å². The Morgan fingerprint density at radius 2 is 1.89 bits per heavy atom. The molecule has 7 nitrogen and oxygen atoms in total. The minimum atomic E-state index is -1.42. The van der Waals surface area contributed by atoms with Crippen LogP contribution >= 0.6 is 15.9 Å². The van der Waals surface area contributed by atoms with E-state index in [1.165, 1.54) is 5.56 Å². The summed E-state index contributed by atoms with van der Waals surface area (Å²) < 4.78 is 1.03. The van der Waals surface area contributed by atoms with E-state index in [0.717, 1.165) is 28.7 Å². The summed E-state index contributed by atoms with van der Waals surface area (Å²) in [5.74, 6) is -3.45. The smallest absolute Gasteiger partial charge is 0.318 e. The molecule has 1 aromatic heterocycles. The lowest BCUT2D eigenvalue weighted by atomic mass is 10.0. The third-order valence-corrected chi connectivity index (χ3v) is 5.17. The SMILES string of the molecule is O=C(O)C(CC=CCc1ccc(Br)c2c1N(c1ncccn1)CC2)C(=O)O. The number of rotatable bonds is 7. The maximum atomic E-state index is 11.0. The molecule has 0 unspecified atom stereocenters. The third kappa shape index (κ3) is 4.16. The van der Waals surface area contributed by atoms with Crippen LogP contribution in [0.15, 0.2) is 47.2 Å². The van der Waals surface area contributed by atoms with Gasteiger partial charge in [-0.2, -0.15) is 0 Å². The number of allylic oxidation sites excluding steroid dienone is 2. The lowest BCUT2D eigenvalue weighted by molar-refractivity contribution is -0.154. The van der Waals surface area contributed by atoms with Crippen LogP contribution in [0.3, 0.4) is 0 Å². The summed E-state index contributed by atoms with van der Waals surface area (Å²) >= 11 is 3.60. The Balaban J connectivity index is 1.82. The molecule has 0 aliphatic carbocycles. The molecule has 0 spiro atoms. The van der Waals surface area contributed by atoms with Gasteiger partial charge in [0.15, 0.2) is 5.92 Å². The Morgan fingerprint density at radius 1 is 1.19 bits per heavy atom. The molecule has 140 valence electrons. The predicted molar refractivity (Wildman–Crippen MR) is 103 cm³/mol. The zero-order valence-electron chi connectivity index (χ0n) is 14.4. The van der Waals surface area contributed by atoms with Gasteiger partial charge in [-0.05, 0) is 42.5 Å². The molecule has 0 fully saturated rings. The van der Waals surface area contributed by atoms with E-state index in [1.54, 1.807) is 24.5 Å². The van der Waals surface area contributed by atoms with Gasteiger partial charge in [-0.15, -0.1) is 0 Å². The summed E-state index contributed by atoms with van der Waals surface area (Å²) in [5, 5.41) is 17.9. The topological polar surface area (TPSA) is 104 Å². The van der Waals surface area contributed by atoms with Crippen LogP contribution in [-0.4, -0.2) is 38.7 Å². The van der Waals surface area contributed by atoms with Crippen molar-refractivity contribution in [1.29, 1.82) is 0 Å². The van der Waals surface area contributed by atoms with Gasteiger partial charge in [0, 0.05) is 23.4 Å². The number of hydrogen-bond acceptors (Lipinski definition) is 5. The molecule has 2 aromatic rings. The van der Waals surface area contributed by atoms with Gasteiger partial charge in [0.25, 0.3) is 0 Å². The average molecular weight is 432 g/mol. The fourth-order valence-electron chi connectivity index (χ4n) is 3.11. The van der Waals surface area contributed by atoms with Crippen LogP contribution in [0.1, 0.15) is 17.5 Å². The Kier molecular flexibility index (Phi) is 5.85. The Labute approximate surface area is 164 Å². The molecule has 0 saturated heterocycles. The number of nitrogens with zero attached hydrogens (tertiary/aromatic N) is 3. The first-order chi connectivity index (χ1) is 13.0. The van der Waals surface area contributed by atoms with Crippen molar-refractivity contribution in [2.24, 2.45) is 5.92 Å². The molecule has 0 radical (unpaired) electrons. The molecule has 0 amide bonds. The van der Waals surface area contributed by atoms with Crippen LogP contribution in [0.2, 0.25) is 0 Å². The molecule has 0 saturated carbocycles. The van der Waals surface area contributed by atoms with Crippen LogP contribution in [0.5, 0.6) is 0 Å². The monoisotopic (exact) mass is 431 g/mol. The second-order valence-corrected chi connectivity index (χ2v) is 6.98. The Hall–Kier alpha value is -2.74. The molecular formula is C19H18BrN3O4. The molecule has 2 heterocycles. The lowest BCUT2D eigenvalue weighted by Gasteiger charge is -2.20. The zero-order chi connectivity index (χ0) is 19.4. The van der Waals surface area contributed by atoms with Crippen LogP contribution < -0.4 is 4.90 Å². The van der Waals surface area contributed by atoms with Gasteiger partial charge in [-0.1, -0.05) is 34.1 Å². The third-order valence-electron chi connectivity index (χ3n) is 4.43. The van der Waals surface area contributed by atoms with Crippen LogP contribution in [-0.2, 0) is 22.4 Å². The number of halogens is 1. The maximum Gasteiger partial charge on any atom is 0.318 e. The van der Waals surface area contributed by atoms with Gasteiger partial charge < -0.3 is 15.1 Å². The lowest BCUT2D eigenvalue weighted by Crippen LogP contribution is -2.22. The van der Waals surface area contributed by atoms with Crippen molar-refractivity contribution in [2.45, 2.75) is 19.3 Å². The molecule has 0 bridgehead atoms. The van der Waals surface area contributed by atoms with Gasteiger partial charge in [0.05, 0.1) is 5.69 Å². The summed E-state index contributed by atoms with van der Waals surface area (Å²) in [5.41, 5.74) is 3.28. The number of hydrogen-bond donors (Lipinski definition) is 2. The van der Waals surface area contributed by atoms with Gasteiger partial charge >= 0.3 is 11.9 Å². The largest absolute Gasteiger partial charge is 0.481 e. The van der Waals surface area contributed by atoms with Crippen molar-refractivity contribution >= 4 is 39.5 Å². The first-order valence-electron chi connectivity index (χ1n) is 8.44. The van der Waals surface area contributed by atoms with E-state index in [-0.39, 0.29) is 6.42 Å². The van der Waals surface area contributed by atoms with Gasteiger partial charge in [0.2, 0.25) is 5.95 Å². The average Bonchev–Trinajstić information content (AvgIpc) is 3.09. The Morgan fingerprint density at radius 3 is 2.56 bits per heavy atom. The van der Waals surface area contributed by atoms with E-state index >= 15 is 0 Å². The van der Waals surface area contributed by atoms with E-state index < -0.39 is 17.9 Å². The number of benzene rings is 1. The van der Waals surface area contributed by atoms with Crippen molar-refractivity contribution in [3.8, 4) is 0 Å². The van der Waals surface area contributed by atoms with Crippen LogP contribution in [0.4, 0.5) is 11.6 Å². The molecule has 2 N–H and O–H groups in total. The first-order valence-corrected chi connectivity index (χ1v) is 9.23. The summed E-state index contributed by atoms with van der Waals surface area (Å²) in [6.45, 7) is 0.777. The fraction of sp³-hybridized carbons (Fsp3) is 0.263. The fourth-order valence-corrected chi connectivity index (χ4v) is 3.63. The number of carbonyl (C=O) groups is 2. The molecule has 8 heteroatoms. The van der Waals surface area contributed by atoms with Crippen molar-refractivity contribution in [3.63, 3.8) is 0 Å². The summed E-state index contributed by atoms with van der Waals surface area (Å²) in [6.07, 6.45) is 8.21. The van der Waals surface area contributed by atoms with Crippen LogP contribution in [0, 0.1) is 5.92 Å². The first kappa shape index (κ1) is 19.0. The number of anilines is 2. The highest BCUT2D eigenvalue weighted by Gasteiger charge is 2.27. The molecule has 1 aromatic carbocycles. The van der Waals surface area contributed by atoms with E-state index in [1.807, 2.05) is 18.2 Å². The number of aliphatic carboxylic acids is 2. The predicted octanol–water partition coefficient (Wildman–Crippen LogP) is 3.21. The Bertz CT molecular complexity index is 872. The van der Waals surface area contributed by atoms with Crippen molar-refractivity contribution in [3.05, 3.63) is 58.3 Å². The maximum absolute atomic E-state index is 11.0. The molecule has 3 rings (SSSR count). The highest BCUT2D eigenvalue weighted by molar-refractivity contribution is 9.10. The molecule has 0 atom stereocenters. The number of fused-ring (bicyclic) bond motifs is 1. The van der Waals surface area contributed by atoms with Gasteiger partial charge in [0.1, 0.15) is 0 Å². The van der Waals surface area contributed by atoms with Crippen molar-refractivity contribution in [1.82, 2.24) is 9.97 Å². The second kappa shape index (κ2) is 8.30. The van der Waals surface area contributed by atoms with Crippen molar-refractivity contribution in [2.75, 3.05) is 11.4 Å². The van der Waals surface area contributed by atoms with E-state index in [9.17, 15) is 9.59 Å². The molecule has 1 aliphatic rings. The van der Waals surface area contributed by atoms with Gasteiger partial charge in [-0.3, -0.25) is 9.59 Å². The number of carboxylic acids is 2. The summed E-state index contributed by atoms with van der Waals surface area (Å²) in [6, 6.07) is 5.77. The minimum absolute atomic E-state index is 0.0467. The number of aromatic nitrogens is 2. The van der Waals surface area contributed by atoms with E-state index in [4.69, 9.17) is 10.2 Å². The minimum Gasteiger partial charge on any atom is -0.481 e. The van der Waals surface area contributed by atoms with E-state index in [0.29, 0.717) is 12.4 Å².